The molecule has 120 valence electrons. The summed E-state index contributed by atoms with van der Waals surface area (Å²) >= 11 is 0. The molecule has 0 aromatic heterocycles. The predicted molar refractivity (Wildman–Crippen MR) is 81.6 cm³/mol. The summed E-state index contributed by atoms with van der Waals surface area (Å²) in [7, 11) is 0. The summed E-state index contributed by atoms with van der Waals surface area (Å²) in [4.78, 5) is 24.7. The minimum Gasteiger partial charge on any atom is -0.462 e. The van der Waals surface area contributed by atoms with Gasteiger partial charge in [0.1, 0.15) is 0 Å². The van der Waals surface area contributed by atoms with E-state index in [1.165, 1.54) is 0 Å². The van der Waals surface area contributed by atoms with Crippen molar-refractivity contribution in [3.8, 4) is 0 Å². The topological polar surface area (TPSA) is 52.6 Å². The lowest BCUT2D eigenvalue weighted by Gasteiger charge is -2.31. The molecule has 1 rings (SSSR count). The van der Waals surface area contributed by atoms with Crippen LogP contribution in [-0.4, -0.2) is 24.1 Å². The van der Waals surface area contributed by atoms with Crippen molar-refractivity contribution < 1.29 is 19.1 Å². The monoisotopic (exact) mass is 296 g/mol. The maximum atomic E-state index is 12.4. The van der Waals surface area contributed by atoms with Gasteiger partial charge in [0, 0.05) is 0 Å². The van der Waals surface area contributed by atoms with Crippen molar-refractivity contribution in [1.29, 1.82) is 0 Å². The molecule has 0 fully saturated rings. The van der Waals surface area contributed by atoms with E-state index in [0.717, 1.165) is 12.8 Å². The highest BCUT2D eigenvalue weighted by Crippen LogP contribution is 2.33. The number of carbonyl (C=O) groups is 2. The molecule has 0 spiro atoms. The highest BCUT2D eigenvalue weighted by Gasteiger charge is 2.40. The summed E-state index contributed by atoms with van der Waals surface area (Å²) in [5, 5.41) is 0. The minimum atomic E-state index is -0.444. The zero-order chi connectivity index (χ0) is 16.0. The molecule has 0 aromatic rings. The number of ether oxygens (including phenoxy) is 2. The second-order valence-corrected chi connectivity index (χ2v) is 5.97. The van der Waals surface area contributed by atoms with Gasteiger partial charge >= 0.3 is 11.9 Å². The molecule has 5 atom stereocenters. The molecule has 0 bridgehead atoms. The first kappa shape index (κ1) is 17.7. The Bertz CT molecular complexity index is 388. The Hall–Kier alpha value is -1.32. The van der Waals surface area contributed by atoms with Crippen LogP contribution in [0.4, 0.5) is 0 Å². The quantitative estimate of drug-likeness (QED) is 0.556. The number of hydrogen-bond acceptors (Lipinski definition) is 4. The lowest BCUT2D eigenvalue weighted by atomic mass is 9.76. The zero-order valence-electron chi connectivity index (χ0n) is 13.8. The Kier molecular flexibility index (Phi) is 6.93. The van der Waals surface area contributed by atoms with Gasteiger partial charge in [-0.2, -0.15) is 0 Å². The van der Waals surface area contributed by atoms with Crippen LogP contribution in [-0.2, 0) is 19.1 Å². The van der Waals surface area contributed by atoms with E-state index >= 15 is 0 Å². The van der Waals surface area contributed by atoms with Crippen LogP contribution in [0.2, 0.25) is 0 Å². The van der Waals surface area contributed by atoms with Crippen molar-refractivity contribution in [3.63, 3.8) is 0 Å². The molecule has 4 nitrogen and oxygen atoms in total. The minimum absolute atomic E-state index is 0.00945. The van der Waals surface area contributed by atoms with Crippen molar-refractivity contribution in [1.82, 2.24) is 0 Å². The van der Waals surface area contributed by atoms with Gasteiger partial charge in [0.25, 0.3) is 0 Å². The van der Waals surface area contributed by atoms with Crippen LogP contribution >= 0.6 is 0 Å². The number of esters is 2. The van der Waals surface area contributed by atoms with Crippen molar-refractivity contribution in [3.05, 3.63) is 12.2 Å². The maximum Gasteiger partial charge on any atom is 0.310 e. The first-order valence-electron chi connectivity index (χ1n) is 7.98. The average Bonchev–Trinajstić information content (AvgIpc) is 2.46. The Morgan fingerprint density at radius 3 is 2.14 bits per heavy atom. The maximum absolute atomic E-state index is 12.4. The standard InChI is InChI=1S/C17H28O4/c1-6-12(4)20-16(18)14-10-8-9-11(3)15(14)17(19)21-13(5)7-2/h8-9,11-15H,6-7,10H2,1-5H3. The Labute approximate surface area is 127 Å². The third-order valence-electron chi connectivity index (χ3n) is 4.19. The molecule has 1 aliphatic rings. The second-order valence-electron chi connectivity index (χ2n) is 5.97. The lowest BCUT2D eigenvalue weighted by Crippen LogP contribution is -2.39. The fraction of sp³-hybridized carbons (Fsp3) is 0.765. The molecule has 5 unspecified atom stereocenters. The molecule has 0 saturated carbocycles. The van der Waals surface area contributed by atoms with Gasteiger partial charge in [0.15, 0.2) is 0 Å². The Morgan fingerprint density at radius 1 is 1.10 bits per heavy atom. The van der Waals surface area contributed by atoms with E-state index in [0.29, 0.717) is 6.42 Å². The van der Waals surface area contributed by atoms with E-state index in [2.05, 4.69) is 0 Å². The van der Waals surface area contributed by atoms with Gasteiger partial charge in [-0.25, -0.2) is 0 Å². The molecule has 0 amide bonds. The van der Waals surface area contributed by atoms with E-state index in [9.17, 15) is 9.59 Å². The summed E-state index contributed by atoms with van der Waals surface area (Å²) in [5.74, 6) is -1.46. The molecule has 4 heteroatoms. The summed E-state index contributed by atoms with van der Waals surface area (Å²) in [6.45, 7) is 9.62. The van der Waals surface area contributed by atoms with Crippen molar-refractivity contribution in [2.45, 2.75) is 66.1 Å². The fourth-order valence-corrected chi connectivity index (χ4v) is 2.42. The van der Waals surface area contributed by atoms with Crippen molar-refractivity contribution in [2.24, 2.45) is 17.8 Å². The SMILES string of the molecule is CCC(C)OC(=O)C1CC=CC(C)C1C(=O)OC(C)CC. The predicted octanol–water partition coefficient (Wildman–Crippen LogP) is 3.50. The summed E-state index contributed by atoms with van der Waals surface area (Å²) in [6, 6.07) is 0. The molecular weight excluding hydrogens is 268 g/mol. The van der Waals surface area contributed by atoms with E-state index in [-0.39, 0.29) is 30.1 Å². The largest absolute Gasteiger partial charge is 0.462 e. The Morgan fingerprint density at radius 2 is 1.62 bits per heavy atom. The first-order valence-corrected chi connectivity index (χ1v) is 7.98. The van der Waals surface area contributed by atoms with E-state index in [4.69, 9.17) is 9.47 Å². The normalized spacial score (nSPS) is 27.8. The van der Waals surface area contributed by atoms with Crippen LogP contribution in [0.1, 0.15) is 53.9 Å². The molecule has 21 heavy (non-hydrogen) atoms. The molecular formula is C17H28O4. The Balaban J connectivity index is 2.82. The van der Waals surface area contributed by atoms with Gasteiger partial charge in [-0.15, -0.1) is 0 Å². The van der Waals surface area contributed by atoms with Gasteiger partial charge in [0.05, 0.1) is 24.0 Å². The van der Waals surface area contributed by atoms with Crippen molar-refractivity contribution in [2.75, 3.05) is 0 Å². The lowest BCUT2D eigenvalue weighted by molar-refractivity contribution is -0.168. The first-order chi connectivity index (χ1) is 9.90. The summed E-state index contributed by atoms with van der Waals surface area (Å²) < 4.78 is 10.9. The van der Waals surface area contributed by atoms with Crippen LogP contribution in [0.3, 0.4) is 0 Å². The smallest absolute Gasteiger partial charge is 0.310 e. The second kappa shape index (κ2) is 8.20. The van der Waals surface area contributed by atoms with E-state index < -0.39 is 11.8 Å². The molecule has 0 aliphatic heterocycles. The molecule has 0 N–H and O–H groups in total. The number of carbonyl (C=O) groups excluding carboxylic acids is 2. The van der Waals surface area contributed by atoms with E-state index in [1.54, 1.807) is 0 Å². The van der Waals surface area contributed by atoms with Crippen molar-refractivity contribution >= 4 is 11.9 Å². The average molecular weight is 296 g/mol. The molecule has 0 aromatic carbocycles. The van der Waals surface area contributed by atoms with Crippen LogP contribution in [0.25, 0.3) is 0 Å². The summed E-state index contributed by atoms with van der Waals surface area (Å²) in [5.41, 5.74) is 0. The van der Waals surface area contributed by atoms with Gasteiger partial charge < -0.3 is 9.47 Å². The number of hydrogen-bond donors (Lipinski definition) is 0. The van der Waals surface area contributed by atoms with Gasteiger partial charge in [0.2, 0.25) is 0 Å². The van der Waals surface area contributed by atoms with Gasteiger partial charge in [-0.3, -0.25) is 9.59 Å². The highest BCUT2D eigenvalue weighted by molar-refractivity contribution is 5.83. The zero-order valence-corrected chi connectivity index (χ0v) is 13.8. The van der Waals surface area contributed by atoms with Crippen LogP contribution in [0, 0.1) is 17.8 Å². The molecule has 0 saturated heterocycles. The third-order valence-corrected chi connectivity index (χ3v) is 4.19. The summed E-state index contributed by atoms with van der Waals surface area (Å²) in [6.07, 6.45) is 5.78. The fourth-order valence-electron chi connectivity index (χ4n) is 2.42. The molecule has 0 heterocycles. The molecule has 1 aliphatic carbocycles. The number of rotatable bonds is 6. The van der Waals surface area contributed by atoms with Gasteiger partial charge in [-0.1, -0.05) is 32.9 Å². The van der Waals surface area contributed by atoms with Gasteiger partial charge in [-0.05, 0) is 39.0 Å². The van der Waals surface area contributed by atoms with E-state index in [1.807, 2.05) is 46.8 Å². The van der Waals surface area contributed by atoms with Crippen LogP contribution in [0.5, 0.6) is 0 Å². The van der Waals surface area contributed by atoms with Crippen LogP contribution < -0.4 is 0 Å². The molecule has 0 radical (unpaired) electrons. The third kappa shape index (κ3) is 4.87. The van der Waals surface area contributed by atoms with Crippen LogP contribution in [0.15, 0.2) is 12.2 Å². The number of allylic oxidation sites excluding steroid dienone is 2. The highest BCUT2D eigenvalue weighted by atomic mass is 16.6.